The highest BCUT2D eigenvalue weighted by molar-refractivity contribution is 5.85. The van der Waals surface area contributed by atoms with Gasteiger partial charge in [-0.3, -0.25) is 4.79 Å². The predicted octanol–water partition coefficient (Wildman–Crippen LogP) is 2.45. The van der Waals surface area contributed by atoms with Gasteiger partial charge in [0.05, 0.1) is 0 Å². The van der Waals surface area contributed by atoms with Gasteiger partial charge in [0.15, 0.2) is 0 Å². The van der Waals surface area contributed by atoms with Gasteiger partial charge in [0.2, 0.25) is 0 Å². The number of ether oxygens (including phenoxy) is 1. The number of hydrogen-bond donors (Lipinski definition) is 2. The van der Waals surface area contributed by atoms with E-state index in [4.69, 9.17) is 0 Å². The zero-order valence-corrected chi connectivity index (χ0v) is 11.5. The van der Waals surface area contributed by atoms with Gasteiger partial charge in [-0.15, -0.1) is 0 Å². The van der Waals surface area contributed by atoms with Gasteiger partial charge >= 0.3 is 12.5 Å². The summed E-state index contributed by atoms with van der Waals surface area (Å²) in [5, 5.41) is 11.6. The molecule has 1 aromatic rings. The van der Waals surface area contributed by atoms with E-state index in [1.807, 2.05) is 5.32 Å². The number of benzene rings is 1. The second-order valence-electron chi connectivity index (χ2n) is 5.17. The average molecular weight is 321 g/mol. The first-order chi connectivity index (χ1) is 10.2. The normalized spacial score (nSPS) is 17.0. The van der Waals surface area contributed by atoms with Crippen LogP contribution in [0.4, 0.5) is 17.6 Å². The molecule has 1 aliphatic carbocycles. The molecule has 1 aliphatic rings. The first-order valence-electron chi connectivity index (χ1n) is 6.67. The van der Waals surface area contributed by atoms with Gasteiger partial charge in [-0.05, 0) is 37.0 Å². The van der Waals surface area contributed by atoms with E-state index in [1.165, 1.54) is 24.3 Å². The van der Waals surface area contributed by atoms with E-state index in [0.29, 0.717) is 12.0 Å². The van der Waals surface area contributed by atoms with Crippen molar-refractivity contribution in [3.05, 3.63) is 29.8 Å². The summed E-state index contributed by atoms with van der Waals surface area (Å²) >= 11 is 0. The maximum atomic E-state index is 13.8. The second kappa shape index (κ2) is 6.12. The lowest BCUT2D eigenvalue weighted by Gasteiger charge is -2.41. The van der Waals surface area contributed by atoms with Crippen LogP contribution in [-0.4, -0.2) is 29.1 Å². The number of carbonyl (C=O) groups is 1. The zero-order valence-electron chi connectivity index (χ0n) is 11.5. The van der Waals surface area contributed by atoms with Crippen molar-refractivity contribution in [1.29, 1.82) is 0 Å². The number of halogens is 4. The van der Waals surface area contributed by atoms with Crippen molar-refractivity contribution in [1.82, 2.24) is 5.32 Å². The summed E-state index contributed by atoms with van der Waals surface area (Å²) in [4.78, 5) is 11.6. The predicted molar refractivity (Wildman–Crippen MR) is 68.7 cm³/mol. The Morgan fingerprint density at radius 2 is 2.09 bits per heavy atom. The van der Waals surface area contributed by atoms with Crippen LogP contribution < -0.4 is 10.1 Å². The molecule has 1 aromatic carbocycles. The van der Waals surface area contributed by atoms with Gasteiger partial charge < -0.3 is 15.2 Å². The Morgan fingerprint density at radius 1 is 1.41 bits per heavy atom. The molecule has 22 heavy (non-hydrogen) atoms. The van der Waals surface area contributed by atoms with Crippen LogP contribution in [0, 0.1) is 0 Å². The minimum absolute atomic E-state index is 0.133. The molecule has 0 saturated heterocycles. The molecule has 1 fully saturated rings. The summed E-state index contributed by atoms with van der Waals surface area (Å²) in [7, 11) is 0. The molecule has 1 saturated carbocycles. The second-order valence-corrected chi connectivity index (χ2v) is 5.17. The molecule has 8 heteroatoms. The van der Waals surface area contributed by atoms with Gasteiger partial charge in [0.1, 0.15) is 11.4 Å². The van der Waals surface area contributed by atoms with Crippen LogP contribution in [-0.2, 0) is 11.3 Å². The fourth-order valence-corrected chi connectivity index (χ4v) is 2.16. The third-order valence-corrected chi connectivity index (χ3v) is 3.63. The van der Waals surface area contributed by atoms with E-state index in [2.05, 4.69) is 4.74 Å². The van der Waals surface area contributed by atoms with Crippen molar-refractivity contribution in [2.24, 2.45) is 0 Å². The van der Waals surface area contributed by atoms with Crippen molar-refractivity contribution in [2.75, 3.05) is 0 Å². The molecule has 0 heterocycles. The first-order valence-corrected chi connectivity index (χ1v) is 6.67. The van der Waals surface area contributed by atoms with E-state index in [0.717, 1.165) is 0 Å². The Labute approximate surface area is 124 Å². The minimum atomic E-state index is -3.89. The Kier molecular flexibility index (Phi) is 4.60. The highest BCUT2D eigenvalue weighted by Gasteiger charge is 2.61. The number of aliphatic hydroxyl groups is 1. The molecule has 4 nitrogen and oxygen atoms in total. The van der Waals surface area contributed by atoms with Gasteiger partial charge in [0, 0.05) is 6.54 Å². The summed E-state index contributed by atoms with van der Waals surface area (Å²) in [6, 6.07) is 5.36. The van der Waals surface area contributed by atoms with Gasteiger partial charge in [0.25, 0.3) is 5.91 Å². The number of carbonyl (C=O) groups excluding carboxylic acids is 1. The molecule has 2 N–H and O–H groups in total. The Morgan fingerprint density at radius 3 is 2.64 bits per heavy atom. The SMILES string of the molecule is O=C(NCc1cccc(OC(F)F)c1)C(F)(F)C1(O)CCC1. The molecule has 0 unspecified atom stereocenters. The molecule has 0 spiro atoms. The smallest absolute Gasteiger partial charge is 0.387 e. The largest absolute Gasteiger partial charge is 0.435 e. The lowest BCUT2D eigenvalue weighted by molar-refractivity contribution is -0.216. The third kappa shape index (κ3) is 3.32. The molecule has 0 aromatic heterocycles. The molecule has 122 valence electrons. The molecular weight excluding hydrogens is 306 g/mol. The average Bonchev–Trinajstić information content (AvgIpc) is 2.41. The number of rotatable bonds is 6. The van der Waals surface area contributed by atoms with E-state index in [9.17, 15) is 27.5 Å². The molecule has 0 atom stereocenters. The standard InChI is InChI=1S/C14H15F4NO3/c15-12(16)22-10-4-1-3-9(7-10)8-19-11(20)14(17,18)13(21)5-2-6-13/h1,3-4,7,12,21H,2,5-6,8H2,(H,19,20). The highest BCUT2D eigenvalue weighted by Crippen LogP contribution is 2.44. The molecule has 0 aliphatic heterocycles. The molecular formula is C14H15F4NO3. The highest BCUT2D eigenvalue weighted by atomic mass is 19.3. The van der Waals surface area contributed by atoms with E-state index >= 15 is 0 Å². The van der Waals surface area contributed by atoms with Crippen molar-refractivity contribution < 1.29 is 32.2 Å². The van der Waals surface area contributed by atoms with Gasteiger partial charge in [-0.1, -0.05) is 12.1 Å². The van der Waals surface area contributed by atoms with Crippen molar-refractivity contribution in [3.63, 3.8) is 0 Å². The molecule has 2 rings (SSSR count). The topological polar surface area (TPSA) is 58.6 Å². The Bertz CT molecular complexity index is 547. The Hall–Kier alpha value is -1.83. The summed E-state index contributed by atoms with van der Waals surface area (Å²) in [6.45, 7) is -3.28. The third-order valence-electron chi connectivity index (χ3n) is 3.63. The van der Waals surface area contributed by atoms with Crippen LogP contribution in [0.15, 0.2) is 24.3 Å². The van der Waals surface area contributed by atoms with Crippen LogP contribution in [0.1, 0.15) is 24.8 Å². The summed E-state index contributed by atoms with van der Waals surface area (Å²) in [5.41, 5.74) is -1.97. The maximum absolute atomic E-state index is 13.8. The molecule has 1 amide bonds. The fraction of sp³-hybridized carbons (Fsp3) is 0.500. The van der Waals surface area contributed by atoms with Gasteiger partial charge in [-0.2, -0.15) is 17.6 Å². The van der Waals surface area contributed by atoms with Crippen molar-refractivity contribution >= 4 is 5.91 Å². The van der Waals surface area contributed by atoms with Crippen molar-refractivity contribution in [2.45, 2.75) is 43.9 Å². The van der Waals surface area contributed by atoms with Crippen LogP contribution in [0.5, 0.6) is 5.75 Å². The first kappa shape index (κ1) is 16.5. The quantitative estimate of drug-likeness (QED) is 0.791. The minimum Gasteiger partial charge on any atom is -0.435 e. The summed E-state index contributed by atoms with van der Waals surface area (Å²) in [5.74, 6) is -5.61. The van der Waals surface area contributed by atoms with Crippen LogP contribution in [0.3, 0.4) is 0 Å². The lowest BCUT2D eigenvalue weighted by atomic mass is 9.75. The summed E-state index contributed by atoms with van der Waals surface area (Å²) < 4.78 is 56.0. The van der Waals surface area contributed by atoms with Crippen LogP contribution in [0.25, 0.3) is 0 Å². The Balaban J connectivity index is 1.96. The van der Waals surface area contributed by atoms with Crippen LogP contribution >= 0.6 is 0 Å². The number of amides is 1. The summed E-state index contributed by atoms with van der Waals surface area (Å²) in [6.07, 6.45) is 0.169. The maximum Gasteiger partial charge on any atom is 0.387 e. The monoisotopic (exact) mass is 321 g/mol. The van der Waals surface area contributed by atoms with Crippen LogP contribution in [0.2, 0.25) is 0 Å². The molecule has 0 bridgehead atoms. The van der Waals surface area contributed by atoms with E-state index < -0.39 is 24.0 Å². The number of alkyl halides is 4. The lowest BCUT2D eigenvalue weighted by Crippen LogP contribution is -2.60. The van der Waals surface area contributed by atoms with E-state index in [1.54, 1.807) is 0 Å². The fourth-order valence-electron chi connectivity index (χ4n) is 2.16. The van der Waals surface area contributed by atoms with Gasteiger partial charge in [-0.25, -0.2) is 0 Å². The zero-order chi connectivity index (χ0) is 16.4. The number of hydrogen-bond acceptors (Lipinski definition) is 3. The van der Waals surface area contributed by atoms with Crippen molar-refractivity contribution in [3.8, 4) is 5.75 Å². The number of nitrogens with one attached hydrogen (secondary N) is 1. The van der Waals surface area contributed by atoms with E-state index in [-0.39, 0.29) is 25.1 Å². The molecule has 0 radical (unpaired) electrons.